The molecule has 16 heavy (non-hydrogen) atoms. The van der Waals surface area contributed by atoms with E-state index in [0.717, 1.165) is 5.69 Å². The van der Waals surface area contributed by atoms with Crippen LogP contribution in [0, 0.1) is 0 Å². The van der Waals surface area contributed by atoms with Crippen LogP contribution in [-0.4, -0.2) is 6.04 Å². The fraction of sp³-hybridized carbons (Fsp3) is 0.571. The number of nitrogen functional groups attached to an aromatic ring is 1. The lowest BCUT2D eigenvalue weighted by atomic mass is 10.0. The minimum atomic E-state index is 0.491. The van der Waals surface area contributed by atoms with Crippen LogP contribution in [0.15, 0.2) is 18.2 Å². The van der Waals surface area contributed by atoms with Crippen LogP contribution >= 0.6 is 0 Å². The van der Waals surface area contributed by atoms with Crippen molar-refractivity contribution in [1.82, 2.24) is 0 Å². The Balaban J connectivity index is 2.12. The van der Waals surface area contributed by atoms with Gasteiger partial charge in [0.2, 0.25) is 0 Å². The maximum atomic E-state index is 5.97. The maximum Gasteiger partial charge on any atom is 0.0350 e. The van der Waals surface area contributed by atoms with Crippen molar-refractivity contribution in [3.05, 3.63) is 23.8 Å². The molecule has 0 spiro atoms. The Morgan fingerprint density at radius 2 is 1.94 bits per heavy atom. The van der Waals surface area contributed by atoms with Crippen LogP contribution in [0.5, 0.6) is 0 Å². The topological polar surface area (TPSA) is 38.0 Å². The van der Waals surface area contributed by atoms with E-state index in [0.29, 0.717) is 12.0 Å². The maximum absolute atomic E-state index is 5.97. The van der Waals surface area contributed by atoms with Crippen molar-refractivity contribution in [2.75, 3.05) is 11.1 Å². The molecule has 0 radical (unpaired) electrons. The molecule has 0 heterocycles. The SMILES string of the molecule is CC(C)c1cc(NC2CCCC2)ccc1N. The molecule has 1 fully saturated rings. The van der Waals surface area contributed by atoms with Gasteiger partial charge in [0.05, 0.1) is 0 Å². The zero-order valence-corrected chi connectivity index (χ0v) is 10.3. The second-order valence-corrected chi connectivity index (χ2v) is 5.12. The fourth-order valence-corrected chi connectivity index (χ4v) is 2.47. The zero-order chi connectivity index (χ0) is 11.5. The molecule has 2 rings (SSSR count). The summed E-state index contributed by atoms with van der Waals surface area (Å²) >= 11 is 0. The van der Waals surface area contributed by atoms with Crippen molar-refractivity contribution in [1.29, 1.82) is 0 Å². The summed E-state index contributed by atoms with van der Waals surface area (Å²) in [5, 5.41) is 3.61. The lowest BCUT2D eigenvalue weighted by Crippen LogP contribution is -2.14. The van der Waals surface area contributed by atoms with Gasteiger partial charge in [-0.15, -0.1) is 0 Å². The molecule has 1 aliphatic rings. The molecule has 3 N–H and O–H groups in total. The smallest absolute Gasteiger partial charge is 0.0350 e. The van der Waals surface area contributed by atoms with Gasteiger partial charge in [-0.3, -0.25) is 0 Å². The minimum absolute atomic E-state index is 0.491. The molecule has 1 aromatic carbocycles. The Morgan fingerprint density at radius 1 is 1.25 bits per heavy atom. The summed E-state index contributed by atoms with van der Waals surface area (Å²) in [4.78, 5) is 0. The second kappa shape index (κ2) is 4.77. The monoisotopic (exact) mass is 218 g/mol. The van der Waals surface area contributed by atoms with E-state index in [2.05, 4.69) is 31.3 Å². The normalized spacial score (nSPS) is 16.9. The molecule has 88 valence electrons. The average Bonchev–Trinajstić information content (AvgIpc) is 2.73. The standard InChI is InChI=1S/C14H22N2/c1-10(2)13-9-12(7-8-14(13)15)16-11-5-3-4-6-11/h7-11,16H,3-6,15H2,1-2H3. The van der Waals surface area contributed by atoms with E-state index in [1.54, 1.807) is 0 Å². The third-order valence-corrected chi connectivity index (χ3v) is 3.43. The Kier molecular flexibility index (Phi) is 3.37. The molecule has 0 bridgehead atoms. The highest BCUT2D eigenvalue weighted by Crippen LogP contribution is 2.27. The van der Waals surface area contributed by atoms with Gasteiger partial charge in [0, 0.05) is 17.4 Å². The molecule has 0 atom stereocenters. The molecule has 1 aliphatic carbocycles. The van der Waals surface area contributed by atoms with Gasteiger partial charge in [0.25, 0.3) is 0 Å². The van der Waals surface area contributed by atoms with Crippen molar-refractivity contribution < 1.29 is 0 Å². The van der Waals surface area contributed by atoms with E-state index in [9.17, 15) is 0 Å². The van der Waals surface area contributed by atoms with E-state index in [4.69, 9.17) is 5.73 Å². The second-order valence-electron chi connectivity index (χ2n) is 5.12. The number of rotatable bonds is 3. The third kappa shape index (κ3) is 2.49. The van der Waals surface area contributed by atoms with Gasteiger partial charge in [0.1, 0.15) is 0 Å². The van der Waals surface area contributed by atoms with Crippen LogP contribution in [0.1, 0.15) is 51.0 Å². The summed E-state index contributed by atoms with van der Waals surface area (Å²) in [6.07, 6.45) is 5.34. The van der Waals surface area contributed by atoms with E-state index < -0.39 is 0 Å². The van der Waals surface area contributed by atoms with E-state index in [-0.39, 0.29) is 0 Å². The van der Waals surface area contributed by atoms with Gasteiger partial charge in [-0.05, 0) is 42.5 Å². The van der Waals surface area contributed by atoms with E-state index >= 15 is 0 Å². The molecule has 0 aliphatic heterocycles. The molecule has 2 nitrogen and oxygen atoms in total. The number of hydrogen-bond acceptors (Lipinski definition) is 2. The van der Waals surface area contributed by atoms with E-state index in [1.807, 2.05) is 6.07 Å². The molecule has 1 aromatic rings. The predicted octanol–water partition coefficient (Wildman–Crippen LogP) is 3.75. The van der Waals surface area contributed by atoms with Crippen molar-refractivity contribution in [2.45, 2.75) is 51.5 Å². The largest absolute Gasteiger partial charge is 0.398 e. The van der Waals surface area contributed by atoms with Crippen LogP contribution in [0.4, 0.5) is 11.4 Å². The summed E-state index contributed by atoms with van der Waals surface area (Å²) in [5.74, 6) is 0.491. The molecule has 0 saturated heterocycles. The molecule has 0 aromatic heterocycles. The van der Waals surface area contributed by atoms with Gasteiger partial charge in [-0.25, -0.2) is 0 Å². The Bertz CT molecular complexity index is 352. The molecular formula is C14H22N2. The predicted molar refractivity (Wildman–Crippen MR) is 70.8 cm³/mol. The molecule has 0 unspecified atom stereocenters. The van der Waals surface area contributed by atoms with Crippen molar-refractivity contribution >= 4 is 11.4 Å². The van der Waals surface area contributed by atoms with Gasteiger partial charge >= 0.3 is 0 Å². The lowest BCUT2D eigenvalue weighted by molar-refractivity contribution is 0.754. The summed E-state index contributed by atoms with van der Waals surface area (Å²) in [6, 6.07) is 6.99. The lowest BCUT2D eigenvalue weighted by Gasteiger charge is -2.16. The third-order valence-electron chi connectivity index (χ3n) is 3.43. The number of hydrogen-bond donors (Lipinski definition) is 2. The molecule has 0 amide bonds. The number of nitrogens with one attached hydrogen (secondary N) is 1. The zero-order valence-electron chi connectivity index (χ0n) is 10.3. The summed E-state index contributed by atoms with van der Waals surface area (Å²) in [7, 11) is 0. The van der Waals surface area contributed by atoms with Gasteiger partial charge < -0.3 is 11.1 Å². The highest BCUT2D eigenvalue weighted by Gasteiger charge is 2.15. The minimum Gasteiger partial charge on any atom is -0.398 e. The highest BCUT2D eigenvalue weighted by molar-refractivity contribution is 5.58. The summed E-state index contributed by atoms with van der Waals surface area (Å²) in [5.41, 5.74) is 9.36. The van der Waals surface area contributed by atoms with Crippen LogP contribution in [0.3, 0.4) is 0 Å². The quantitative estimate of drug-likeness (QED) is 0.758. The first-order valence-electron chi connectivity index (χ1n) is 6.33. The van der Waals surface area contributed by atoms with Crippen LogP contribution in [-0.2, 0) is 0 Å². The highest BCUT2D eigenvalue weighted by atomic mass is 14.9. The Hall–Kier alpha value is -1.18. The Morgan fingerprint density at radius 3 is 2.56 bits per heavy atom. The van der Waals surface area contributed by atoms with Crippen molar-refractivity contribution in [2.24, 2.45) is 0 Å². The average molecular weight is 218 g/mol. The first-order chi connectivity index (χ1) is 7.66. The fourth-order valence-electron chi connectivity index (χ4n) is 2.47. The Labute approximate surface area is 98.2 Å². The summed E-state index contributed by atoms with van der Waals surface area (Å²) < 4.78 is 0. The van der Waals surface area contributed by atoms with Crippen molar-refractivity contribution in [3.63, 3.8) is 0 Å². The van der Waals surface area contributed by atoms with Crippen LogP contribution in [0.2, 0.25) is 0 Å². The number of nitrogens with two attached hydrogens (primary N) is 1. The van der Waals surface area contributed by atoms with Crippen LogP contribution in [0.25, 0.3) is 0 Å². The van der Waals surface area contributed by atoms with Crippen LogP contribution < -0.4 is 11.1 Å². The van der Waals surface area contributed by atoms with Gasteiger partial charge in [0.15, 0.2) is 0 Å². The number of anilines is 2. The van der Waals surface area contributed by atoms with E-state index in [1.165, 1.54) is 36.9 Å². The number of benzene rings is 1. The van der Waals surface area contributed by atoms with Gasteiger partial charge in [-0.1, -0.05) is 26.7 Å². The van der Waals surface area contributed by atoms with Gasteiger partial charge in [-0.2, -0.15) is 0 Å². The molecule has 1 saturated carbocycles. The molecular weight excluding hydrogens is 196 g/mol. The molecule has 2 heteroatoms. The van der Waals surface area contributed by atoms with Crippen molar-refractivity contribution in [3.8, 4) is 0 Å². The first kappa shape index (κ1) is 11.3. The first-order valence-corrected chi connectivity index (χ1v) is 6.33. The summed E-state index contributed by atoms with van der Waals surface area (Å²) in [6.45, 7) is 4.37.